The van der Waals surface area contributed by atoms with Crippen LogP contribution in [-0.4, -0.2) is 34.0 Å². The summed E-state index contributed by atoms with van der Waals surface area (Å²) >= 11 is 0. The van der Waals surface area contributed by atoms with Gasteiger partial charge in [-0.15, -0.1) is 6.58 Å². The Balaban J connectivity index is 2.58. The number of ether oxygens (including phenoxy) is 1. The number of hydrogen-bond acceptors (Lipinski definition) is 4. The van der Waals surface area contributed by atoms with Gasteiger partial charge in [0, 0.05) is 13.1 Å². The molecular formula is C14H20N2O4S. The molecule has 0 aliphatic carbocycles. The highest BCUT2D eigenvalue weighted by atomic mass is 32.2. The van der Waals surface area contributed by atoms with Gasteiger partial charge in [-0.1, -0.05) is 13.0 Å². The van der Waals surface area contributed by atoms with Crippen LogP contribution in [-0.2, 0) is 14.8 Å². The van der Waals surface area contributed by atoms with Crippen LogP contribution in [0.4, 0.5) is 0 Å². The van der Waals surface area contributed by atoms with Crippen LogP contribution in [0.5, 0.6) is 5.75 Å². The Morgan fingerprint density at radius 3 is 2.57 bits per heavy atom. The number of sulfonamides is 1. The number of benzene rings is 1. The summed E-state index contributed by atoms with van der Waals surface area (Å²) in [5.41, 5.74) is 0. The average molecular weight is 312 g/mol. The van der Waals surface area contributed by atoms with Gasteiger partial charge >= 0.3 is 0 Å². The fraction of sp³-hybridized carbons (Fsp3) is 0.357. The van der Waals surface area contributed by atoms with Crippen LogP contribution in [0.15, 0.2) is 41.8 Å². The second-order valence-corrected chi connectivity index (χ2v) is 6.02. The summed E-state index contributed by atoms with van der Waals surface area (Å²) in [6.07, 6.45) is 2.29. The van der Waals surface area contributed by atoms with Crippen LogP contribution >= 0.6 is 0 Å². The average Bonchev–Trinajstić information content (AvgIpc) is 2.49. The van der Waals surface area contributed by atoms with E-state index >= 15 is 0 Å². The number of carbonyl (C=O) groups excluding carboxylic acids is 1. The zero-order chi connectivity index (χ0) is 15.7. The first kappa shape index (κ1) is 17.2. The standard InChI is InChI=1S/C14H20N2O4S/c1-3-9-15-14(17)11-20-12-5-7-13(8-6-12)21(18,19)16-10-4-2/h3,5-8,16H,1,4,9-11H2,2H3,(H,15,17). The molecule has 0 saturated heterocycles. The van der Waals surface area contributed by atoms with Gasteiger partial charge in [0.15, 0.2) is 6.61 Å². The first-order valence-electron chi connectivity index (χ1n) is 6.59. The minimum absolute atomic E-state index is 0.131. The zero-order valence-corrected chi connectivity index (χ0v) is 12.8. The molecule has 0 atom stereocenters. The Morgan fingerprint density at radius 2 is 2.00 bits per heavy atom. The van der Waals surface area contributed by atoms with Gasteiger partial charge in [0.1, 0.15) is 5.75 Å². The Hall–Kier alpha value is -1.86. The van der Waals surface area contributed by atoms with Crippen molar-refractivity contribution < 1.29 is 17.9 Å². The van der Waals surface area contributed by atoms with Gasteiger partial charge < -0.3 is 10.1 Å². The summed E-state index contributed by atoms with van der Waals surface area (Å²) in [5, 5.41) is 2.57. The van der Waals surface area contributed by atoms with Crippen LogP contribution in [0.25, 0.3) is 0 Å². The third-order valence-corrected chi connectivity index (χ3v) is 3.97. The maximum absolute atomic E-state index is 11.9. The van der Waals surface area contributed by atoms with Crippen molar-refractivity contribution in [3.8, 4) is 5.75 Å². The molecule has 0 aliphatic rings. The van der Waals surface area contributed by atoms with Gasteiger partial charge in [-0.3, -0.25) is 4.79 Å². The third kappa shape index (κ3) is 5.97. The molecule has 0 bridgehead atoms. The van der Waals surface area contributed by atoms with Crippen molar-refractivity contribution in [2.45, 2.75) is 18.2 Å². The van der Waals surface area contributed by atoms with Crippen molar-refractivity contribution in [1.29, 1.82) is 0 Å². The molecule has 1 aromatic carbocycles. The molecule has 2 N–H and O–H groups in total. The van der Waals surface area contributed by atoms with E-state index in [0.717, 1.165) is 6.42 Å². The summed E-state index contributed by atoms with van der Waals surface area (Å²) in [6, 6.07) is 5.91. The SMILES string of the molecule is C=CCNC(=O)COc1ccc(S(=O)(=O)NCCC)cc1. The first-order chi connectivity index (χ1) is 9.99. The fourth-order valence-electron chi connectivity index (χ4n) is 1.42. The highest BCUT2D eigenvalue weighted by Crippen LogP contribution is 2.15. The molecule has 0 unspecified atom stereocenters. The summed E-state index contributed by atoms with van der Waals surface area (Å²) in [5.74, 6) is 0.161. The number of rotatable bonds is 9. The normalized spacial score (nSPS) is 10.9. The summed E-state index contributed by atoms with van der Waals surface area (Å²) in [4.78, 5) is 11.5. The largest absolute Gasteiger partial charge is 0.484 e. The molecule has 6 nitrogen and oxygen atoms in total. The molecular weight excluding hydrogens is 292 g/mol. The highest BCUT2D eigenvalue weighted by molar-refractivity contribution is 7.89. The molecule has 0 saturated carbocycles. The maximum Gasteiger partial charge on any atom is 0.258 e. The van der Waals surface area contributed by atoms with E-state index in [2.05, 4.69) is 16.6 Å². The van der Waals surface area contributed by atoms with Gasteiger partial charge in [-0.2, -0.15) is 0 Å². The lowest BCUT2D eigenvalue weighted by atomic mass is 10.3. The zero-order valence-electron chi connectivity index (χ0n) is 12.0. The molecule has 0 aromatic heterocycles. The Bertz CT molecular complexity index is 567. The number of amides is 1. The Kier molecular flexibility index (Phi) is 6.90. The molecule has 21 heavy (non-hydrogen) atoms. The minimum Gasteiger partial charge on any atom is -0.484 e. The van der Waals surface area contributed by atoms with E-state index in [9.17, 15) is 13.2 Å². The fourth-order valence-corrected chi connectivity index (χ4v) is 2.55. The van der Waals surface area contributed by atoms with Crippen molar-refractivity contribution in [3.05, 3.63) is 36.9 Å². The van der Waals surface area contributed by atoms with Gasteiger partial charge in [-0.05, 0) is 30.7 Å². The predicted octanol–water partition coefficient (Wildman–Crippen LogP) is 1.06. The van der Waals surface area contributed by atoms with Crippen LogP contribution in [0.3, 0.4) is 0 Å². The second-order valence-electron chi connectivity index (χ2n) is 4.25. The molecule has 0 heterocycles. The molecule has 0 fully saturated rings. The molecule has 0 radical (unpaired) electrons. The molecule has 1 amide bonds. The van der Waals surface area contributed by atoms with E-state index in [1.54, 1.807) is 6.08 Å². The van der Waals surface area contributed by atoms with Crippen molar-refractivity contribution in [1.82, 2.24) is 10.0 Å². The van der Waals surface area contributed by atoms with Crippen molar-refractivity contribution in [2.75, 3.05) is 19.7 Å². The highest BCUT2D eigenvalue weighted by Gasteiger charge is 2.12. The molecule has 1 aromatic rings. The van der Waals surface area contributed by atoms with Crippen LogP contribution in [0, 0.1) is 0 Å². The van der Waals surface area contributed by atoms with Crippen molar-refractivity contribution >= 4 is 15.9 Å². The first-order valence-corrected chi connectivity index (χ1v) is 8.08. The number of carbonyl (C=O) groups is 1. The van der Waals surface area contributed by atoms with E-state index in [4.69, 9.17) is 4.74 Å². The predicted molar refractivity (Wildman–Crippen MR) is 80.6 cm³/mol. The van der Waals surface area contributed by atoms with Gasteiger partial charge in [0.25, 0.3) is 5.91 Å². The second kappa shape index (κ2) is 8.43. The lowest BCUT2D eigenvalue weighted by molar-refractivity contribution is -0.122. The van der Waals surface area contributed by atoms with E-state index in [1.807, 2.05) is 6.92 Å². The smallest absolute Gasteiger partial charge is 0.258 e. The van der Waals surface area contributed by atoms with E-state index in [1.165, 1.54) is 24.3 Å². The third-order valence-electron chi connectivity index (χ3n) is 2.49. The van der Waals surface area contributed by atoms with Gasteiger partial charge in [0.05, 0.1) is 4.90 Å². The summed E-state index contributed by atoms with van der Waals surface area (Å²) in [7, 11) is -3.48. The topological polar surface area (TPSA) is 84.5 Å². The monoisotopic (exact) mass is 312 g/mol. The van der Waals surface area contributed by atoms with Crippen LogP contribution < -0.4 is 14.8 Å². The Morgan fingerprint density at radius 1 is 1.33 bits per heavy atom. The number of nitrogens with one attached hydrogen (secondary N) is 2. The molecule has 0 aliphatic heterocycles. The van der Waals surface area contributed by atoms with E-state index < -0.39 is 10.0 Å². The lowest BCUT2D eigenvalue weighted by Crippen LogP contribution is -2.28. The summed E-state index contributed by atoms with van der Waals surface area (Å²) in [6.45, 7) is 6.01. The van der Waals surface area contributed by atoms with Crippen LogP contribution in [0.2, 0.25) is 0 Å². The van der Waals surface area contributed by atoms with Crippen molar-refractivity contribution in [3.63, 3.8) is 0 Å². The van der Waals surface area contributed by atoms with Gasteiger partial charge in [0.2, 0.25) is 10.0 Å². The quantitative estimate of drug-likeness (QED) is 0.668. The molecule has 1 rings (SSSR count). The van der Waals surface area contributed by atoms with E-state index in [0.29, 0.717) is 18.8 Å². The minimum atomic E-state index is -3.48. The van der Waals surface area contributed by atoms with E-state index in [-0.39, 0.29) is 17.4 Å². The Labute approximate surface area is 125 Å². The maximum atomic E-state index is 11.9. The van der Waals surface area contributed by atoms with Crippen LogP contribution in [0.1, 0.15) is 13.3 Å². The number of hydrogen-bond donors (Lipinski definition) is 2. The molecule has 0 spiro atoms. The molecule has 116 valence electrons. The van der Waals surface area contributed by atoms with Gasteiger partial charge in [-0.25, -0.2) is 13.1 Å². The molecule has 7 heteroatoms. The summed E-state index contributed by atoms with van der Waals surface area (Å²) < 4.78 is 31.5. The lowest BCUT2D eigenvalue weighted by Gasteiger charge is -2.08. The van der Waals surface area contributed by atoms with Crippen molar-refractivity contribution in [2.24, 2.45) is 0 Å².